The number of rotatable bonds is 4. The average molecular weight is 289 g/mol. The molecule has 20 heavy (non-hydrogen) atoms. The molecule has 0 aromatic carbocycles. The van der Waals surface area contributed by atoms with Crippen molar-refractivity contribution in [3.63, 3.8) is 0 Å². The Bertz CT molecular complexity index is 551. The van der Waals surface area contributed by atoms with Gasteiger partial charge in [0.05, 0.1) is 10.6 Å². The van der Waals surface area contributed by atoms with Crippen molar-refractivity contribution in [2.24, 2.45) is 9.98 Å². The first-order valence-electron chi connectivity index (χ1n) is 6.16. The lowest BCUT2D eigenvalue weighted by atomic mass is 9.99. The third-order valence-electron chi connectivity index (χ3n) is 2.77. The van der Waals surface area contributed by atoms with E-state index in [0.717, 1.165) is 21.8 Å². The number of thioether (sulfide) groups is 1. The maximum Gasteiger partial charge on any atom is 0.212 e. The van der Waals surface area contributed by atoms with Crippen molar-refractivity contribution < 1.29 is 4.79 Å². The van der Waals surface area contributed by atoms with Crippen LogP contribution in [0.15, 0.2) is 56.4 Å². The van der Waals surface area contributed by atoms with Gasteiger partial charge in [0.15, 0.2) is 0 Å². The van der Waals surface area contributed by atoms with E-state index in [9.17, 15) is 4.79 Å². The molecule has 0 aromatic heterocycles. The number of hydrogen-bond donors (Lipinski definition) is 1. The molecule has 0 saturated carbocycles. The number of nitrogens with one attached hydrogen (secondary N) is 1. The van der Waals surface area contributed by atoms with Gasteiger partial charge in [-0.3, -0.25) is 14.8 Å². The van der Waals surface area contributed by atoms with E-state index >= 15 is 0 Å². The van der Waals surface area contributed by atoms with Gasteiger partial charge in [0, 0.05) is 14.1 Å². The van der Waals surface area contributed by atoms with Gasteiger partial charge < -0.3 is 5.32 Å². The third-order valence-corrected chi connectivity index (χ3v) is 3.52. The first-order chi connectivity index (χ1) is 9.69. The Kier molecular flexibility index (Phi) is 6.73. The van der Waals surface area contributed by atoms with Gasteiger partial charge in [0.1, 0.15) is 5.84 Å². The molecule has 0 atom stereocenters. The summed E-state index contributed by atoms with van der Waals surface area (Å²) in [5.74, 6) is 0.568. The zero-order valence-electron chi connectivity index (χ0n) is 12.2. The molecule has 0 saturated heterocycles. The van der Waals surface area contributed by atoms with Gasteiger partial charge >= 0.3 is 0 Å². The van der Waals surface area contributed by atoms with Crippen LogP contribution in [0.5, 0.6) is 0 Å². The second-order valence-corrected chi connectivity index (χ2v) is 4.73. The maximum atomic E-state index is 10.6. The first kappa shape index (κ1) is 16.2. The smallest absolute Gasteiger partial charge is 0.212 e. The number of carbonyl (C=O) groups excluding carboxylic acids is 1. The number of carbonyl (C=O) groups is 1. The topological polar surface area (TPSA) is 53.8 Å². The molecule has 106 valence electrons. The van der Waals surface area contributed by atoms with Crippen molar-refractivity contribution >= 4 is 29.7 Å². The van der Waals surface area contributed by atoms with Gasteiger partial charge in [-0.25, -0.2) is 0 Å². The molecule has 0 radical (unpaired) electrons. The van der Waals surface area contributed by atoms with Crippen LogP contribution >= 0.6 is 11.8 Å². The van der Waals surface area contributed by atoms with Crippen molar-refractivity contribution in [1.82, 2.24) is 5.32 Å². The molecule has 0 aromatic rings. The van der Waals surface area contributed by atoms with Crippen molar-refractivity contribution in [3.8, 4) is 0 Å². The number of aliphatic imine (C=N–C) groups is 2. The van der Waals surface area contributed by atoms with Gasteiger partial charge in [-0.15, -0.1) is 11.8 Å². The Balaban J connectivity index is 3.12. The molecule has 0 aliphatic heterocycles. The summed E-state index contributed by atoms with van der Waals surface area (Å²) in [6.07, 6.45) is 12.6. The molecule has 0 fully saturated rings. The summed E-state index contributed by atoms with van der Waals surface area (Å²) < 4.78 is 0. The quantitative estimate of drug-likeness (QED) is 0.491. The van der Waals surface area contributed by atoms with Crippen LogP contribution in [0.3, 0.4) is 0 Å². The second kappa shape index (κ2) is 8.32. The number of amides is 1. The lowest BCUT2D eigenvalue weighted by Gasteiger charge is -2.11. The van der Waals surface area contributed by atoms with Gasteiger partial charge in [0.25, 0.3) is 0 Å². The van der Waals surface area contributed by atoms with E-state index in [1.807, 2.05) is 37.5 Å². The van der Waals surface area contributed by atoms with E-state index in [1.165, 1.54) is 11.8 Å². The minimum absolute atomic E-state index is 0.568. The summed E-state index contributed by atoms with van der Waals surface area (Å²) in [4.78, 5) is 19.8. The van der Waals surface area contributed by atoms with Crippen LogP contribution in [0.2, 0.25) is 0 Å². The van der Waals surface area contributed by atoms with Crippen molar-refractivity contribution in [2.45, 2.75) is 6.92 Å². The second-order valence-electron chi connectivity index (χ2n) is 3.88. The molecule has 1 amide bonds. The van der Waals surface area contributed by atoms with Crippen LogP contribution in [-0.4, -0.2) is 38.3 Å². The molecule has 1 rings (SSSR count). The highest BCUT2D eigenvalue weighted by Gasteiger charge is 2.09. The minimum Gasteiger partial charge on any atom is -0.313 e. The number of amidine groups is 1. The maximum absolute atomic E-state index is 10.6. The van der Waals surface area contributed by atoms with Gasteiger partial charge in [-0.2, -0.15) is 0 Å². The van der Waals surface area contributed by atoms with Crippen LogP contribution in [0.1, 0.15) is 6.92 Å². The highest BCUT2D eigenvalue weighted by atomic mass is 32.2. The zero-order chi connectivity index (χ0) is 15.0. The first-order valence-corrected chi connectivity index (χ1v) is 7.38. The zero-order valence-corrected chi connectivity index (χ0v) is 13.0. The van der Waals surface area contributed by atoms with Crippen LogP contribution < -0.4 is 5.32 Å². The Labute approximate surface area is 124 Å². The molecular weight excluding hydrogens is 270 g/mol. The summed E-state index contributed by atoms with van der Waals surface area (Å²) >= 11 is 1.54. The van der Waals surface area contributed by atoms with Crippen LogP contribution in [0.4, 0.5) is 0 Å². The molecule has 5 heteroatoms. The van der Waals surface area contributed by atoms with Crippen molar-refractivity contribution in [3.05, 3.63) is 46.4 Å². The number of hydrogen-bond acceptors (Lipinski definition) is 4. The highest BCUT2D eigenvalue weighted by Crippen LogP contribution is 2.20. The fourth-order valence-electron chi connectivity index (χ4n) is 1.77. The Hall–Kier alpha value is -1.88. The van der Waals surface area contributed by atoms with E-state index in [0.29, 0.717) is 12.2 Å². The van der Waals surface area contributed by atoms with Crippen LogP contribution in [-0.2, 0) is 4.79 Å². The molecule has 0 unspecified atom stereocenters. The fourth-order valence-corrected chi connectivity index (χ4v) is 2.37. The summed E-state index contributed by atoms with van der Waals surface area (Å²) in [6, 6.07) is 0. The van der Waals surface area contributed by atoms with Crippen molar-refractivity contribution in [2.75, 3.05) is 20.4 Å². The lowest BCUT2D eigenvalue weighted by Crippen LogP contribution is -2.22. The van der Waals surface area contributed by atoms with Gasteiger partial charge in [-0.1, -0.05) is 12.2 Å². The fraction of sp³-hybridized carbons (Fsp3) is 0.267. The standard InChI is InChI=1S/C15H19N3OS/c1-5-12-8-11(6-7-13(12)16-2)9-14(20-4)15(17-3)18-10-19/h5-10H,1-4H3,(H,17,18,19)/b12-5-,14-9-,16-13?. The molecule has 1 aliphatic carbocycles. The summed E-state index contributed by atoms with van der Waals surface area (Å²) in [6.45, 7) is 1.99. The predicted octanol–water partition coefficient (Wildman–Crippen LogP) is 2.52. The largest absolute Gasteiger partial charge is 0.313 e. The summed E-state index contributed by atoms with van der Waals surface area (Å²) in [7, 11) is 3.43. The molecule has 1 N–H and O–H groups in total. The Morgan fingerprint density at radius 3 is 2.60 bits per heavy atom. The van der Waals surface area contributed by atoms with E-state index in [1.54, 1.807) is 14.1 Å². The SMILES string of the molecule is C/C=C1C=C(/C=C(\SC)C(=NC)NC=O)C=CC/1=NC. The Morgan fingerprint density at radius 1 is 1.35 bits per heavy atom. The van der Waals surface area contributed by atoms with E-state index < -0.39 is 0 Å². The molecular formula is C15H19N3OS. The molecule has 0 bridgehead atoms. The molecule has 0 heterocycles. The molecule has 0 spiro atoms. The predicted molar refractivity (Wildman–Crippen MR) is 88.5 cm³/mol. The minimum atomic E-state index is 0.568. The summed E-state index contributed by atoms with van der Waals surface area (Å²) in [5, 5.41) is 2.61. The molecule has 4 nitrogen and oxygen atoms in total. The average Bonchev–Trinajstić information content (AvgIpc) is 2.50. The van der Waals surface area contributed by atoms with Crippen LogP contribution in [0.25, 0.3) is 0 Å². The normalized spacial score (nSPS) is 20.3. The number of nitrogens with zero attached hydrogens (tertiary/aromatic N) is 2. The lowest BCUT2D eigenvalue weighted by molar-refractivity contribution is -0.108. The van der Waals surface area contributed by atoms with Crippen LogP contribution in [0, 0.1) is 0 Å². The Morgan fingerprint density at radius 2 is 2.10 bits per heavy atom. The van der Waals surface area contributed by atoms with Gasteiger partial charge in [-0.05, 0) is 42.6 Å². The van der Waals surface area contributed by atoms with Crippen molar-refractivity contribution in [1.29, 1.82) is 0 Å². The third kappa shape index (κ3) is 4.06. The van der Waals surface area contributed by atoms with E-state index in [-0.39, 0.29) is 0 Å². The van der Waals surface area contributed by atoms with Gasteiger partial charge in [0.2, 0.25) is 6.41 Å². The highest BCUT2D eigenvalue weighted by molar-refractivity contribution is 8.03. The molecule has 1 aliphatic rings. The van der Waals surface area contributed by atoms with E-state index in [4.69, 9.17) is 0 Å². The monoisotopic (exact) mass is 289 g/mol. The number of allylic oxidation sites excluding steroid dienone is 7. The van der Waals surface area contributed by atoms with E-state index in [2.05, 4.69) is 21.4 Å². The summed E-state index contributed by atoms with van der Waals surface area (Å²) in [5.41, 5.74) is 3.09.